The van der Waals surface area contributed by atoms with E-state index < -0.39 is 0 Å². The molecule has 5 nitrogen and oxygen atoms in total. The second kappa shape index (κ2) is 8.49. The largest absolute Gasteiger partial charge is 0.496 e. The van der Waals surface area contributed by atoms with Crippen LogP contribution in [0.15, 0.2) is 58.1 Å². The number of ether oxygens (including phenoxy) is 3. The first-order valence-corrected chi connectivity index (χ1v) is 11.6. The third-order valence-corrected chi connectivity index (χ3v) is 6.84. The van der Waals surface area contributed by atoms with Gasteiger partial charge in [-0.2, -0.15) is 0 Å². The molecule has 2 aromatic carbocycles. The Balaban J connectivity index is 1.41. The van der Waals surface area contributed by atoms with Gasteiger partial charge in [0.1, 0.15) is 24.0 Å². The second-order valence-electron chi connectivity index (χ2n) is 7.40. The zero-order chi connectivity index (χ0) is 21.4. The van der Waals surface area contributed by atoms with Crippen molar-refractivity contribution in [1.29, 1.82) is 0 Å². The van der Waals surface area contributed by atoms with Crippen LogP contribution in [0.4, 0.5) is 0 Å². The number of thiophene rings is 1. The van der Waals surface area contributed by atoms with E-state index in [0.29, 0.717) is 30.3 Å². The van der Waals surface area contributed by atoms with Gasteiger partial charge in [0.05, 0.1) is 18.2 Å². The highest BCUT2D eigenvalue weighted by molar-refractivity contribution is 9.10. The van der Waals surface area contributed by atoms with Crippen LogP contribution >= 0.6 is 27.3 Å². The van der Waals surface area contributed by atoms with Gasteiger partial charge in [0.25, 0.3) is 0 Å². The molecule has 2 aliphatic heterocycles. The number of hydrogen-bond donors (Lipinski definition) is 0. The molecule has 0 bridgehead atoms. The fraction of sp³-hybridized carbons (Fsp3) is 0.208. The SMILES string of the molecule is COc1ccc(Br)cc1/C=C1\Oc2c(ccc3c2CN(CCc2cccs2)CO3)C1=O. The van der Waals surface area contributed by atoms with Gasteiger partial charge in [0.2, 0.25) is 5.78 Å². The topological polar surface area (TPSA) is 48.0 Å². The van der Waals surface area contributed by atoms with Crippen LogP contribution in [-0.2, 0) is 13.0 Å². The van der Waals surface area contributed by atoms with Gasteiger partial charge in [0, 0.05) is 28.0 Å². The first-order valence-electron chi connectivity index (χ1n) is 9.93. The molecule has 158 valence electrons. The van der Waals surface area contributed by atoms with Crippen LogP contribution < -0.4 is 14.2 Å². The van der Waals surface area contributed by atoms with E-state index in [1.165, 1.54) is 4.88 Å². The van der Waals surface area contributed by atoms with Crippen molar-refractivity contribution >= 4 is 39.1 Å². The van der Waals surface area contributed by atoms with Crippen LogP contribution in [0.1, 0.15) is 26.4 Å². The molecule has 5 rings (SSSR count). The minimum atomic E-state index is -0.129. The third kappa shape index (κ3) is 4.01. The molecule has 2 aliphatic rings. The van der Waals surface area contributed by atoms with Crippen molar-refractivity contribution in [2.45, 2.75) is 13.0 Å². The fourth-order valence-electron chi connectivity index (χ4n) is 3.83. The Morgan fingerprint density at radius 2 is 2.16 bits per heavy atom. The Kier molecular flexibility index (Phi) is 5.56. The first-order chi connectivity index (χ1) is 15.1. The minimum Gasteiger partial charge on any atom is -0.496 e. The van der Waals surface area contributed by atoms with Crippen LogP contribution in [0.5, 0.6) is 17.2 Å². The van der Waals surface area contributed by atoms with Crippen LogP contribution in [0.3, 0.4) is 0 Å². The van der Waals surface area contributed by atoms with Crippen LogP contribution in [0.2, 0.25) is 0 Å². The highest BCUT2D eigenvalue weighted by atomic mass is 79.9. The Bertz CT molecular complexity index is 1170. The number of rotatable bonds is 5. The van der Waals surface area contributed by atoms with Crippen LogP contribution in [0.25, 0.3) is 6.08 Å². The van der Waals surface area contributed by atoms with Gasteiger partial charge in [-0.3, -0.25) is 9.69 Å². The summed E-state index contributed by atoms with van der Waals surface area (Å²) in [5.74, 6) is 2.21. The Hall–Kier alpha value is -2.61. The molecule has 0 spiro atoms. The van der Waals surface area contributed by atoms with Gasteiger partial charge >= 0.3 is 0 Å². The van der Waals surface area contributed by atoms with Crippen molar-refractivity contribution in [3.05, 3.63) is 79.6 Å². The monoisotopic (exact) mass is 497 g/mol. The molecule has 31 heavy (non-hydrogen) atoms. The third-order valence-electron chi connectivity index (χ3n) is 5.42. The van der Waals surface area contributed by atoms with E-state index in [1.807, 2.05) is 24.3 Å². The van der Waals surface area contributed by atoms with Crippen molar-refractivity contribution in [3.8, 4) is 17.2 Å². The molecule has 0 radical (unpaired) electrons. The van der Waals surface area contributed by atoms with Crippen molar-refractivity contribution in [2.75, 3.05) is 20.4 Å². The fourth-order valence-corrected chi connectivity index (χ4v) is 4.91. The maximum Gasteiger partial charge on any atom is 0.231 e. The van der Waals surface area contributed by atoms with E-state index in [1.54, 1.807) is 30.6 Å². The van der Waals surface area contributed by atoms with E-state index in [-0.39, 0.29) is 11.5 Å². The number of allylic oxidation sites excluding steroid dienone is 1. The van der Waals surface area contributed by atoms with Gasteiger partial charge in [-0.05, 0) is 54.3 Å². The average molecular weight is 498 g/mol. The predicted molar refractivity (Wildman–Crippen MR) is 124 cm³/mol. The Morgan fingerprint density at radius 3 is 2.97 bits per heavy atom. The summed E-state index contributed by atoms with van der Waals surface area (Å²) in [5.41, 5.74) is 2.27. The molecule has 0 aliphatic carbocycles. The maximum absolute atomic E-state index is 13.0. The van der Waals surface area contributed by atoms with Crippen LogP contribution in [-0.4, -0.2) is 31.1 Å². The normalized spacial score (nSPS) is 16.6. The maximum atomic E-state index is 13.0. The first kappa shape index (κ1) is 20.3. The molecule has 3 heterocycles. The summed E-state index contributed by atoms with van der Waals surface area (Å²) in [6, 6.07) is 13.5. The standard InChI is InChI=1S/C24H20BrNO4S/c1-28-20-6-4-16(25)11-15(20)12-22-23(27)18-5-7-21-19(24(18)30-22)13-26(14-29-21)9-8-17-3-2-10-31-17/h2-7,10-12H,8-9,13-14H2,1H3/b22-12-. The van der Waals surface area contributed by atoms with Crippen molar-refractivity contribution in [2.24, 2.45) is 0 Å². The van der Waals surface area contributed by atoms with Gasteiger partial charge in [-0.25, -0.2) is 0 Å². The van der Waals surface area contributed by atoms with Gasteiger partial charge in [-0.1, -0.05) is 22.0 Å². The van der Waals surface area contributed by atoms with Gasteiger partial charge < -0.3 is 14.2 Å². The molecule has 0 unspecified atom stereocenters. The molecular formula is C24H20BrNO4S. The molecule has 0 atom stereocenters. The summed E-state index contributed by atoms with van der Waals surface area (Å²) >= 11 is 5.24. The molecule has 3 aromatic rings. The molecule has 0 N–H and O–H groups in total. The van der Waals surface area contributed by atoms with Crippen molar-refractivity contribution in [3.63, 3.8) is 0 Å². The van der Waals surface area contributed by atoms with Gasteiger partial charge in [-0.15, -0.1) is 11.3 Å². The quantitative estimate of drug-likeness (QED) is 0.433. The van der Waals surface area contributed by atoms with Crippen molar-refractivity contribution < 1.29 is 19.0 Å². The molecule has 0 saturated heterocycles. The summed E-state index contributed by atoms with van der Waals surface area (Å²) in [7, 11) is 1.61. The Labute approximate surface area is 193 Å². The molecule has 1 aromatic heterocycles. The van der Waals surface area contributed by atoms with Gasteiger partial charge in [0.15, 0.2) is 5.76 Å². The molecule has 0 amide bonds. The highest BCUT2D eigenvalue weighted by Gasteiger charge is 2.33. The van der Waals surface area contributed by atoms with E-state index in [0.717, 1.165) is 34.3 Å². The second-order valence-corrected chi connectivity index (χ2v) is 9.35. The number of fused-ring (bicyclic) bond motifs is 3. The van der Waals surface area contributed by atoms with E-state index in [2.05, 4.69) is 38.3 Å². The lowest BCUT2D eigenvalue weighted by atomic mass is 10.0. The predicted octanol–water partition coefficient (Wildman–Crippen LogP) is 5.53. The highest BCUT2D eigenvalue weighted by Crippen LogP contribution is 2.42. The van der Waals surface area contributed by atoms with E-state index >= 15 is 0 Å². The van der Waals surface area contributed by atoms with E-state index in [4.69, 9.17) is 14.2 Å². The number of methoxy groups -OCH3 is 1. The lowest BCUT2D eigenvalue weighted by Crippen LogP contribution is -2.33. The smallest absolute Gasteiger partial charge is 0.231 e. The number of benzene rings is 2. The summed E-state index contributed by atoms with van der Waals surface area (Å²) in [4.78, 5) is 16.6. The number of halogens is 1. The van der Waals surface area contributed by atoms with Crippen LogP contribution in [0, 0.1) is 0 Å². The summed E-state index contributed by atoms with van der Waals surface area (Å²) in [5, 5.41) is 2.10. The average Bonchev–Trinajstić information content (AvgIpc) is 3.41. The summed E-state index contributed by atoms with van der Waals surface area (Å²) in [6.45, 7) is 2.10. The van der Waals surface area contributed by atoms with Crippen molar-refractivity contribution in [1.82, 2.24) is 4.90 Å². The summed E-state index contributed by atoms with van der Waals surface area (Å²) < 4.78 is 18.4. The lowest BCUT2D eigenvalue weighted by molar-refractivity contribution is 0.0951. The number of ketones is 1. The number of hydrogen-bond acceptors (Lipinski definition) is 6. The zero-order valence-corrected chi connectivity index (χ0v) is 19.3. The minimum absolute atomic E-state index is 0.129. The molecule has 7 heteroatoms. The number of carbonyl (C=O) groups is 1. The number of Topliss-reactive ketones (excluding diaryl/α,β-unsaturated/α-hetero) is 1. The zero-order valence-electron chi connectivity index (χ0n) is 16.9. The summed E-state index contributed by atoms with van der Waals surface area (Å²) in [6.07, 6.45) is 2.70. The molecule has 0 fully saturated rings. The Morgan fingerprint density at radius 1 is 1.26 bits per heavy atom. The number of nitrogens with zero attached hydrogens (tertiary/aromatic N) is 1. The number of carbonyl (C=O) groups excluding carboxylic acids is 1. The lowest BCUT2D eigenvalue weighted by Gasteiger charge is -2.29. The molecule has 0 saturated carbocycles. The molecular weight excluding hydrogens is 478 g/mol. The van der Waals surface area contributed by atoms with E-state index in [9.17, 15) is 4.79 Å².